The van der Waals surface area contributed by atoms with Gasteiger partial charge in [0.25, 0.3) is 0 Å². The van der Waals surface area contributed by atoms with Crippen molar-refractivity contribution in [2.24, 2.45) is 0 Å². The van der Waals surface area contributed by atoms with E-state index < -0.39 is 0 Å². The molecule has 0 bridgehead atoms. The molecule has 0 aliphatic carbocycles. The number of halogens is 2. The Morgan fingerprint density at radius 2 is 2.27 bits per heavy atom. The van der Waals surface area contributed by atoms with Crippen LogP contribution in [0.3, 0.4) is 0 Å². The van der Waals surface area contributed by atoms with Gasteiger partial charge in [-0.3, -0.25) is 4.57 Å². The molecule has 0 atom stereocenters. The van der Waals surface area contributed by atoms with Crippen LogP contribution in [0, 0.1) is 6.92 Å². The van der Waals surface area contributed by atoms with Gasteiger partial charge in [-0.05, 0) is 34.5 Å². The van der Waals surface area contributed by atoms with Gasteiger partial charge < -0.3 is 0 Å². The molecule has 0 aliphatic heterocycles. The van der Waals surface area contributed by atoms with E-state index in [1.54, 1.807) is 12.4 Å². The third-order valence-corrected chi connectivity index (χ3v) is 2.98. The highest BCUT2D eigenvalue weighted by Gasteiger charge is 2.07. The van der Waals surface area contributed by atoms with Crippen LogP contribution in [0.25, 0.3) is 5.82 Å². The maximum Gasteiger partial charge on any atom is 0.152 e. The first-order valence-corrected chi connectivity index (χ1v) is 5.76. The molecular formula is C10H9BrClN3. The highest BCUT2D eigenvalue weighted by atomic mass is 79.9. The summed E-state index contributed by atoms with van der Waals surface area (Å²) in [5, 5.41) is 0. The van der Waals surface area contributed by atoms with Crippen molar-refractivity contribution in [3.63, 3.8) is 0 Å². The first-order chi connectivity index (χ1) is 7.22. The van der Waals surface area contributed by atoms with Crippen LogP contribution in [0.2, 0.25) is 0 Å². The van der Waals surface area contributed by atoms with E-state index in [0.29, 0.717) is 5.88 Å². The van der Waals surface area contributed by atoms with Crippen molar-refractivity contribution in [1.82, 2.24) is 14.5 Å². The molecule has 0 saturated carbocycles. The number of imidazole rings is 1. The van der Waals surface area contributed by atoms with Crippen LogP contribution in [0.15, 0.2) is 29.1 Å². The lowest BCUT2D eigenvalue weighted by molar-refractivity contribution is 0.922. The highest BCUT2D eigenvalue weighted by Crippen LogP contribution is 2.21. The molecule has 2 aromatic heterocycles. The van der Waals surface area contributed by atoms with E-state index in [0.717, 1.165) is 21.7 Å². The largest absolute Gasteiger partial charge is 0.287 e. The van der Waals surface area contributed by atoms with Crippen LogP contribution in [0.4, 0.5) is 0 Å². The second-order valence-electron chi connectivity index (χ2n) is 3.13. The van der Waals surface area contributed by atoms with Gasteiger partial charge in [-0.25, -0.2) is 9.97 Å². The van der Waals surface area contributed by atoms with Crippen LogP contribution in [-0.4, -0.2) is 14.5 Å². The van der Waals surface area contributed by atoms with Crippen molar-refractivity contribution in [3.8, 4) is 5.82 Å². The van der Waals surface area contributed by atoms with E-state index in [9.17, 15) is 0 Å². The molecule has 0 fully saturated rings. The Morgan fingerprint density at radius 1 is 1.47 bits per heavy atom. The topological polar surface area (TPSA) is 30.7 Å². The number of hydrogen-bond donors (Lipinski definition) is 0. The first kappa shape index (κ1) is 10.6. The van der Waals surface area contributed by atoms with E-state index in [4.69, 9.17) is 11.6 Å². The van der Waals surface area contributed by atoms with Gasteiger partial charge in [0.15, 0.2) is 5.82 Å². The predicted molar refractivity (Wildman–Crippen MR) is 63.4 cm³/mol. The van der Waals surface area contributed by atoms with Crippen LogP contribution in [0.5, 0.6) is 0 Å². The van der Waals surface area contributed by atoms with Gasteiger partial charge in [0, 0.05) is 24.5 Å². The Kier molecular flexibility index (Phi) is 3.07. The number of aryl methyl sites for hydroxylation is 1. The van der Waals surface area contributed by atoms with Gasteiger partial charge >= 0.3 is 0 Å². The van der Waals surface area contributed by atoms with Gasteiger partial charge in [0.2, 0.25) is 0 Å². The zero-order valence-corrected chi connectivity index (χ0v) is 10.5. The molecule has 0 radical (unpaired) electrons. The summed E-state index contributed by atoms with van der Waals surface area (Å²) in [4.78, 5) is 8.50. The molecule has 0 aromatic carbocycles. The molecule has 2 aromatic rings. The minimum absolute atomic E-state index is 0.467. The normalized spacial score (nSPS) is 10.6. The molecule has 5 heteroatoms. The van der Waals surface area contributed by atoms with Crippen LogP contribution >= 0.6 is 27.5 Å². The molecule has 2 rings (SSSR count). The molecule has 0 N–H and O–H groups in total. The van der Waals surface area contributed by atoms with Gasteiger partial charge in [-0.1, -0.05) is 0 Å². The maximum absolute atomic E-state index is 5.73. The summed E-state index contributed by atoms with van der Waals surface area (Å²) in [6.45, 7) is 1.93. The number of hydrogen-bond acceptors (Lipinski definition) is 2. The summed E-state index contributed by atoms with van der Waals surface area (Å²) < 4.78 is 2.84. The van der Waals surface area contributed by atoms with E-state index in [1.807, 2.05) is 23.8 Å². The second-order valence-corrected chi connectivity index (χ2v) is 4.25. The average molecular weight is 287 g/mol. The van der Waals surface area contributed by atoms with Gasteiger partial charge in [-0.2, -0.15) is 0 Å². The lowest BCUT2D eigenvalue weighted by Crippen LogP contribution is -2.00. The molecule has 0 spiro atoms. The molecule has 3 nitrogen and oxygen atoms in total. The number of alkyl halides is 1. The van der Waals surface area contributed by atoms with Crippen molar-refractivity contribution in [3.05, 3.63) is 40.5 Å². The quantitative estimate of drug-likeness (QED) is 0.794. The van der Waals surface area contributed by atoms with Gasteiger partial charge in [0.1, 0.15) is 5.82 Å². The fourth-order valence-corrected chi connectivity index (χ4v) is 2.06. The Hall–Kier alpha value is -0.870. The summed E-state index contributed by atoms with van der Waals surface area (Å²) in [5.41, 5.74) is 0.991. The SMILES string of the molecule is Cc1nccn1-c1ncc(CCl)cc1Br. The number of rotatable bonds is 2. The van der Waals surface area contributed by atoms with Crippen molar-refractivity contribution in [2.45, 2.75) is 12.8 Å². The maximum atomic E-state index is 5.73. The number of pyridine rings is 1. The van der Waals surface area contributed by atoms with Gasteiger partial charge in [-0.15, -0.1) is 11.6 Å². The van der Waals surface area contributed by atoms with Crippen LogP contribution in [0.1, 0.15) is 11.4 Å². The average Bonchev–Trinajstić information content (AvgIpc) is 2.64. The van der Waals surface area contributed by atoms with Crippen LogP contribution < -0.4 is 0 Å². The molecule has 0 aliphatic rings. The molecular weight excluding hydrogens is 277 g/mol. The smallest absolute Gasteiger partial charge is 0.152 e. The standard InChI is InChI=1S/C10H9BrClN3/c1-7-13-2-3-15(7)10-9(11)4-8(5-12)6-14-10/h2-4,6H,5H2,1H3. The van der Waals surface area contributed by atoms with Crippen molar-refractivity contribution in [1.29, 1.82) is 0 Å². The van der Waals surface area contributed by atoms with E-state index in [-0.39, 0.29) is 0 Å². The lowest BCUT2D eigenvalue weighted by atomic mass is 10.3. The fraction of sp³-hybridized carbons (Fsp3) is 0.200. The molecule has 0 saturated heterocycles. The summed E-state index contributed by atoms with van der Waals surface area (Å²) >= 11 is 9.20. The van der Waals surface area contributed by atoms with Crippen molar-refractivity contribution in [2.75, 3.05) is 0 Å². The van der Waals surface area contributed by atoms with E-state index >= 15 is 0 Å². The molecule has 78 valence electrons. The third-order valence-electron chi connectivity index (χ3n) is 2.09. The predicted octanol–water partition coefficient (Wildman–Crippen LogP) is 3.08. The highest BCUT2D eigenvalue weighted by molar-refractivity contribution is 9.10. The third kappa shape index (κ3) is 2.06. The molecule has 0 unspecified atom stereocenters. The van der Waals surface area contributed by atoms with Crippen molar-refractivity contribution >= 4 is 27.5 Å². The van der Waals surface area contributed by atoms with E-state index in [1.165, 1.54) is 0 Å². The molecule has 0 amide bonds. The monoisotopic (exact) mass is 285 g/mol. The lowest BCUT2D eigenvalue weighted by Gasteiger charge is -2.07. The zero-order valence-electron chi connectivity index (χ0n) is 8.11. The minimum Gasteiger partial charge on any atom is -0.287 e. The Bertz CT molecular complexity index is 481. The number of nitrogens with zero attached hydrogens (tertiary/aromatic N) is 3. The minimum atomic E-state index is 0.467. The summed E-state index contributed by atoms with van der Waals surface area (Å²) in [5.74, 6) is 2.20. The fourth-order valence-electron chi connectivity index (χ4n) is 1.32. The van der Waals surface area contributed by atoms with Crippen LogP contribution in [-0.2, 0) is 5.88 Å². The first-order valence-electron chi connectivity index (χ1n) is 4.43. The zero-order chi connectivity index (χ0) is 10.8. The van der Waals surface area contributed by atoms with Gasteiger partial charge in [0.05, 0.1) is 4.47 Å². The Labute approximate surface area is 101 Å². The summed E-state index contributed by atoms with van der Waals surface area (Å²) in [7, 11) is 0. The Balaban J connectivity index is 2.50. The summed E-state index contributed by atoms with van der Waals surface area (Å²) in [6.07, 6.45) is 5.40. The van der Waals surface area contributed by atoms with E-state index in [2.05, 4.69) is 25.9 Å². The molecule has 15 heavy (non-hydrogen) atoms. The Morgan fingerprint density at radius 3 is 2.80 bits per heavy atom. The number of aromatic nitrogens is 3. The second kappa shape index (κ2) is 4.33. The molecule has 2 heterocycles. The summed E-state index contributed by atoms with van der Waals surface area (Å²) in [6, 6.07) is 1.97. The van der Waals surface area contributed by atoms with Crippen molar-refractivity contribution < 1.29 is 0 Å².